The molecule has 0 spiro atoms. The molecule has 1 saturated carbocycles. The van der Waals surface area contributed by atoms with Crippen LogP contribution in [-0.2, 0) is 10.0 Å². The van der Waals surface area contributed by atoms with E-state index in [1.54, 1.807) is 31.2 Å². The summed E-state index contributed by atoms with van der Waals surface area (Å²) in [4.78, 5) is 13.5. The van der Waals surface area contributed by atoms with Crippen LogP contribution in [0.4, 0.5) is 5.95 Å². The highest BCUT2D eigenvalue weighted by Crippen LogP contribution is 2.30. The third-order valence-corrected chi connectivity index (χ3v) is 8.73. The normalized spacial score (nSPS) is 19.2. The maximum absolute atomic E-state index is 12.4. The van der Waals surface area contributed by atoms with Crippen molar-refractivity contribution in [2.24, 2.45) is 0 Å². The standard InChI is InChI=1S/C21H22BrN7O2S/c1-28(2)32(30,31)16-7-5-14(11-16)25-21-24-12-17-19(22)27-29(20(17)26-21)15-6-8-18-13(10-15)4-3-9-23-18/h3-4,6,8-10,12,14,16H,5,7,11H2,1-2H3,(H,24,25,26)/t14-,16-/m1/s1. The summed E-state index contributed by atoms with van der Waals surface area (Å²) in [5, 5.41) is 9.34. The Hall–Kier alpha value is -2.63. The van der Waals surface area contributed by atoms with Crippen LogP contribution in [0, 0.1) is 0 Å². The molecule has 166 valence electrons. The Labute approximate surface area is 194 Å². The fourth-order valence-corrected chi connectivity index (χ4v) is 6.08. The van der Waals surface area contributed by atoms with Crippen molar-refractivity contribution in [3.63, 3.8) is 0 Å². The molecule has 1 aromatic carbocycles. The van der Waals surface area contributed by atoms with E-state index < -0.39 is 10.0 Å². The highest BCUT2D eigenvalue weighted by molar-refractivity contribution is 9.10. The molecule has 1 aliphatic rings. The van der Waals surface area contributed by atoms with Gasteiger partial charge in [0.25, 0.3) is 0 Å². The monoisotopic (exact) mass is 515 g/mol. The Balaban J connectivity index is 1.45. The van der Waals surface area contributed by atoms with Crippen LogP contribution in [0.3, 0.4) is 0 Å². The van der Waals surface area contributed by atoms with E-state index in [2.05, 4.69) is 36.3 Å². The first kappa shape index (κ1) is 21.2. The number of nitrogens with zero attached hydrogens (tertiary/aromatic N) is 6. The number of hydrogen-bond donors (Lipinski definition) is 1. The van der Waals surface area contributed by atoms with Gasteiger partial charge in [0.2, 0.25) is 16.0 Å². The Morgan fingerprint density at radius 3 is 2.84 bits per heavy atom. The fraction of sp³-hybridized carbons (Fsp3) is 0.333. The van der Waals surface area contributed by atoms with Crippen molar-refractivity contribution >= 4 is 53.8 Å². The van der Waals surface area contributed by atoms with Gasteiger partial charge >= 0.3 is 0 Å². The van der Waals surface area contributed by atoms with Crippen molar-refractivity contribution in [1.29, 1.82) is 0 Å². The molecule has 0 bridgehead atoms. The van der Waals surface area contributed by atoms with E-state index in [4.69, 9.17) is 4.98 Å². The van der Waals surface area contributed by atoms with Gasteiger partial charge in [-0.25, -0.2) is 22.4 Å². The Morgan fingerprint density at radius 2 is 2.03 bits per heavy atom. The summed E-state index contributed by atoms with van der Waals surface area (Å²) in [5.74, 6) is 0.460. The first-order chi connectivity index (χ1) is 15.3. The summed E-state index contributed by atoms with van der Waals surface area (Å²) in [5.41, 5.74) is 2.43. The Morgan fingerprint density at radius 1 is 1.19 bits per heavy atom. The SMILES string of the molecule is CN(C)S(=O)(=O)[C@@H]1CC[C@@H](Nc2ncc3c(Br)nn(-c4ccc5ncccc5c4)c3n2)C1. The third kappa shape index (κ3) is 3.74. The fourth-order valence-electron chi connectivity index (χ4n) is 4.14. The van der Waals surface area contributed by atoms with E-state index in [1.807, 2.05) is 30.3 Å². The van der Waals surface area contributed by atoms with E-state index in [0.29, 0.717) is 29.0 Å². The average Bonchev–Trinajstić information content (AvgIpc) is 3.38. The van der Waals surface area contributed by atoms with Gasteiger partial charge in [0.05, 0.1) is 21.8 Å². The minimum absolute atomic E-state index is 0.00118. The average molecular weight is 516 g/mol. The van der Waals surface area contributed by atoms with Gasteiger partial charge in [-0.1, -0.05) is 6.07 Å². The molecule has 0 unspecified atom stereocenters. The molecule has 3 aromatic heterocycles. The molecule has 2 atom stereocenters. The Bertz CT molecular complexity index is 1420. The summed E-state index contributed by atoms with van der Waals surface area (Å²) < 4.78 is 28.6. The first-order valence-electron chi connectivity index (χ1n) is 10.3. The number of benzene rings is 1. The van der Waals surface area contributed by atoms with Crippen LogP contribution in [-0.4, -0.2) is 62.8 Å². The van der Waals surface area contributed by atoms with Crippen molar-refractivity contribution in [3.05, 3.63) is 47.3 Å². The van der Waals surface area contributed by atoms with Crippen LogP contribution in [0.25, 0.3) is 27.6 Å². The molecule has 9 nitrogen and oxygen atoms in total. The maximum Gasteiger partial charge on any atom is 0.224 e. The third-order valence-electron chi connectivity index (χ3n) is 5.86. The number of nitrogens with one attached hydrogen (secondary N) is 1. The van der Waals surface area contributed by atoms with Crippen LogP contribution in [0.1, 0.15) is 19.3 Å². The van der Waals surface area contributed by atoms with Gasteiger partial charge in [0.1, 0.15) is 4.60 Å². The van der Waals surface area contributed by atoms with E-state index >= 15 is 0 Å². The second kappa shape index (κ2) is 8.05. The molecule has 0 aliphatic heterocycles. The summed E-state index contributed by atoms with van der Waals surface area (Å²) >= 11 is 3.50. The number of hydrogen-bond acceptors (Lipinski definition) is 7. The van der Waals surface area contributed by atoms with Crippen LogP contribution in [0.2, 0.25) is 0 Å². The van der Waals surface area contributed by atoms with Gasteiger partial charge in [-0.2, -0.15) is 10.1 Å². The molecular weight excluding hydrogens is 494 g/mol. The molecule has 11 heteroatoms. The van der Waals surface area contributed by atoms with E-state index in [1.165, 1.54) is 4.31 Å². The van der Waals surface area contributed by atoms with Crippen LogP contribution in [0.15, 0.2) is 47.3 Å². The topological polar surface area (TPSA) is 106 Å². The number of pyridine rings is 1. The summed E-state index contributed by atoms with van der Waals surface area (Å²) in [6, 6.07) is 9.84. The molecular formula is C21H22BrN7O2S. The predicted molar refractivity (Wildman–Crippen MR) is 127 cm³/mol. The second-order valence-corrected chi connectivity index (χ2v) is 11.3. The van der Waals surface area contributed by atoms with Crippen molar-refractivity contribution in [1.82, 2.24) is 29.0 Å². The first-order valence-corrected chi connectivity index (χ1v) is 12.6. The zero-order valence-corrected chi connectivity index (χ0v) is 20.0. The lowest BCUT2D eigenvalue weighted by Crippen LogP contribution is -2.32. The second-order valence-electron chi connectivity index (χ2n) is 8.12. The maximum atomic E-state index is 12.4. The number of sulfonamides is 1. The number of halogens is 1. The smallest absolute Gasteiger partial charge is 0.224 e. The quantitative estimate of drug-likeness (QED) is 0.434. The largest absolute Gasteiger partial charge is 0.351 e. The van der Waals surface area contributed by atoms with Crippen molar-refractivity contribution in [2.75, 3.05) is 19.4 Å². The van der Waals surface area contributed by atoms with E-state index in [0.717, 1.165) is 28.4 Å². The minimum Gasteiger partial charge on any atom is -0.351 e. The lowest BCUT2D eigenvalue weighted by atomic mass is 10.2. The molecule has 5 rings (SSSR count). The lowest BCUT2D eigenvalue weighted by Gasteiger charge is -2.18. The zero-order chi connectivity index (χ0) is 22.5. The molecule has 32 heavy (non-hydrogen) atoms. The van der Waals surface area contributed by atoms with Gasteiger partial charge in [0, 0.05) is 37.9 Å². The van der Waals surface area contributed by atoms with Crippen LogP contribution < -0.4 is 5.32 Å². The molecule has 0 saturated heterocycles. The van der Waals surface area contributed by atoms with Gasteiger partial charge in [0.15, 0.2) is 5.65 Å². The van der Waals surface area contributed by atoms with Crippen LogP contribution >= 0.6 is 15.9 Å². The van der Waals surface area contributed by atoms with Crippen molar-refractivity contribution in [2.45, 2.75) is 30.6 Å². The van der Waals surface area contributed by atoms with Crippen molar-refractivity contribution in [3.8, 4) is 5.69 Å². The number of aromatic nitrogens is 5. The van der Waals surface area contributed by atoms with Gasteiger partial charge in [-0.05, 0) is 59.5 Å². The van der Waals surface area contributed by atoms with Gasteiger partial charge in [-0.15, -0.1) is 0 Å². The number of fused-ring (bicyclic) bond motifs is 2. The molecule has 4 aromatic rings. The molecule has 1 fully saturated rings. The molecule has 3 heterocycles. The van der Waals surface area contributed by atoms with E-state index in [9.17, 15) is 8.42 Å². The summed E-state index contributed by atoms with van der Waals surface area (Å²) in [7, 11) is -0.110. The Kier molecular flexibility index (Phi) is 5.34. The van der Waals surface area contributed by atoms with E-state index in [-0.39, 0.29) is 11.3 Å². The van der Waals surface area contributed by atoms with Gasteiger partial charge < -0.3 is 5.32 Å². The molecule has 0 amide bonds. The van der Waals surface area contributed by atoms with Gasteiger partial charge in [-0.3, -0.25) is 4.98 Å². The number of rotatable bonds is 5. The summed E-state index contributed by atoms with van der Waals surface area (Å²) in [6.07, 6.45) is 5.39. The minimum atomic E-state index is -3.27. The number of anilines is 1. The lowest BCUT2D eigenvalue weighted by molar-refractivity contribution is 0.504. The molecule has 0 radical (unpaired) electrons. The zero-order valence-electron chi connectivity index (χ0n) is 17.6. The highest BCUT2D eigenvalue weighted by Gasteiger charge is 2.35. The highest BCUT2D eigenvalue weighted by atomic mass is 79.9. The van der Waals surface area contributed by atoms with Crippen molar-refractivity contribution < 1.29 is 8.42 Å². The molecule has 1 N–H and O–H groups in total. The predicted octanol–water partition coefficient (Wildman–Crippen LogP) is 3.35. The summed E-state index contributed by atoms with van der Waals surface area (Å²) in [6.45, 7) is 0. The molecule has 1 aliphatic carbocycles. The van der Waals surface area contributed by atoms with Crippen LogP contribution in [0.5, 0.6) is 0 Å².